The molecule has 0 saturated carbocycles. The number of aromatic carboxylic acids is 1. The lowest BCUT2D eigenvalue weighted by Crippen LogP contribution is -2.32. The first-order valence-electron chi connectivity index (χ1n) is 12.0. The molecule has 4 aromatic rings. The van der Waals surface area contributed by atoms with Gasteiger partial charge in [0.15, 0.2) is 0 Å². The van der Waals surface area contributed by atoms with E-state index in [4.69, 9.17) is 0 Å². The predicted octanol–water partition coefficient (Wildman–Crippen LogP) is 3.55. The third-order valence-corrected chi connectivity index (χ3v) is 7.80. The highest BCUT2D eigenvalue weighted by Crippen LogP contribution is 2.24. The molecule has 4 rings (SSSR count). The lowest BCUT2D eigenvalue weighted by atomic mass is 10.0. The Morgan fingerprint density at radius 1 is 0.973 bits per heavy atom. The van der Waals surface area contributed by atoms with Gasteiger partial charge in [0.05, 0.1) is 11.0 Å². The minimum atomic E-state index is -3.61. The van der Waals surface area contributed by atoms with E-state index in [1.165, 1.54) is 13.1 Å². The molecular formula is C28H31N3O5S. The van der Waals surface area contributed by atoms with E-state index in [-0.39, 0.29) is 23.2 Å². The van der Waals surface area contributed by atoms with E-state index in [0.29, 0.717) is 18.5 Å². The SMILES string of the molecule is CNS(=O)(=O)c1cccc(Cn2c(C(=O)O)cc3cc(CC(C)NCC(O)c4ccccc4)ccc32)c1. The zero-order valence-electron chi connectivity index (χ0n) is 20.8. The zero-order valence-corrected chi connectivity index (χ0v) is 21.6. The second-order valence-electron chi connectivity index (χ2n) is 9.11. The molecule has 2 unspecified atom stereocenters. The lowest BCUT2D eigenvalue weighted by Gasteiger charge is -2.18. The summed E-state index contributed by atoms with van der Waals surface area (Å²) in [5.41, 5.74) is 3.46. The van der Waals surface area contributed by atoms with Crippen molar-refractivity contribution in [2.45, 2.75) is 36.9 Å². The molecule has 194 valence electrons. The Kier molecular flexibility index (Phi) is 8.09. The first kappa shape index (κ1) is 26.6. The summed E-state index contributed by atoms with van der Waals surface area (Å²) in [4.78, 5) is 12.1. The van der Waals surface area contributed by atoms with Gasteiger partial charge >= 0.3 is 5.97 Å². The molecule has 0 saturated heterocycles. The number of aliphatic hydroxyl groups excluding tert-OH is 1. The number of nitrogens with zero attached hydrogens (tertiary/aromatic N) is 1. The fourth-order valence-corrected chi connectivity index (χ4v) is 5.24. The Balaban J connectivity index is 1.52. The van der Waals surface area contributed by atoms with Crippen LogP contribution < -0.4 is 10.0 Å². The third kappa shape index (κ3) is 6.26. The smallest absolute Gasteiger partial charge is 0.352 e. The van der Waals surface area contributed by atoms with Crippen LogP contribution in [0.25, 0.3) is 10.9 Å². The molecule has 0 fully saturated rings. The van der Waals surface area contributed by atoms with Gasteiger partial charge in [0, 0.05) is 30.0 Å². The molecule has 9 heteroatoms. The molecule has 0 aliphatic carbocycles. The molecule has 4 N–H and O–H groups in total. The molecule has 37 heavy (non-hydrogen) atoms. The molecule has 3 aromatic carbocycles. The number of benzene rings is 3. The van der Waals surface area contributed by atoms with Crippen LogP contribution in [-0.2, 0) is 23.0 Å². The van der Waals surface area contributed by atoms with Crippen molar-refractivity contribution in [1.82, 2.24) is 14.6 Å². The Hall–Kier alpha value is -3.50. The van der Waals surface area contributed by atoms with Crippen molar-refractivity contribution in [2.75, 3.05) is 13.6 Å². The average molecular weight is 522 g/mol. The first-order valence-corrected chi connectivity index (χ1v) is 13.5. The summed E-state index contributed by atoms with van der Waals surface area (Å²) in [5, 5.41) is 24.4. The summed E-state index contributed by atoms with van der Waals surface area (Å²) in [7, 11) is -2.26. The normalized spacial score (nSPS) is 13.5. The van der Waals surface area contributed by atoms with Crippen LogP contribution in [0.1, 0.15) is 40.2 Å². The number of sulfonamides is 1. The van der Waals surface area contributed by atoms with Crippen molar-refractivity contribution in [1.29, 1.82) is 0 Å². The Morgan fingerprint density at radius 3 is 2.43 bits per heavy atom. The van der Waals surface area contributed by atoms with E-state index in [9.17, 15) is 23.4 Å². The van der Waals surface area contributed by atoms with E-state index in [1.807, 2.05) is 55.5 Å². The largest absolute Gasteiger partial charge is 0.477 e. The molecule has 0 bridgehead atoms. The molecule has 0 spiro atoms. The van der Waals surface area contributed by atoms with Crippen molar-refractivity contribution >= 4 is 26.9 Å². The highest BCUT2D eigenvalue weighted by molar-refractivity contribution is 7.89. The van der Waals surface area contributed by atoms with Gasteiger partial charge in [-0.1, -0.05) is 48.5 Å². The minimum absolute atomic E-state index is 0.0914. The van der Waals surface area contributed by atoms with Crippen molar-refractivity contribution in [3.8, 4) is 0 Å². The molecule has 0 radical (unpaired) electrons. The number of nitrogens with one attached hydrogen (secondary N) is 2. The molecule has 1 aromatic heterocycles. The van der Waals surface area contributed by atoms with Gasteiger partial charge in [0.2, 0.25) is 10.0 Å². The van der Waals surface area contributed by atoms with Gasteiger partial charge in [0.1, 0.15) is 5.69 Å². The maximum absolute atomic E-state index is 12.2. The maximum atomic E-state index is 12.2. The number of carboxylic acids is 1. The van der Waals surface area contributed by atoms with Gasteiger partial charge in [0.25, 0.3) is 0 Å². The van der Waals surface area contributed by atoms with Gasteiger partial charge < -0.3 is 20.1 Å². The second kappa shape index (κ2) is 11.3. The van der Waals surface area contributed by atoms with E-state index < -0.39 is 22.1 Å². The molecule has 0 amide bonds. The van der Waals surface area contributed by atoms with Gasteiger partial charge in [-0.2, -0.15) is 0 Å². The lowest BCUT2D eigenvalue weighted by molar-refractivity contribution is 0.0686. The monoisotopic (exact) mass is 521 g/mol. The Morgan fingerprint density at radius 2 is 1.73 bits per heavy atom. The first-order chi connectivity index (χ1) is 17.7. The number of fused-ring (bicyclic) bond motifs is 1. The summed E-state index contributed by atoms with van der Waals surface area (Å²) >= 11 is 0. The highest BCUT2D eigenvalue weighted by atomic mass is 32.2. The summed E-state index contributed by atoms with van der Waals surface area (Å²) in [6.45, 7) is 2.68. The Bertz CT molecular complexity index is 1500. The van der Waals surface area contributed by atoms with Gasteiger partial charge in [-0.25, -0.2) is 17.9 Å². The number of carbonyl (C=O) groups is 1. The fraction of sp³-hybridized carbons (Fsp3) is 0.250. The van der Waals surface area contributed by atoms with Crippen LogP contribution in [0.2, 0.25) is 0 Å². The van der Waals surface area contributed by atoms with Crippen molar-refractivity contribution < 1.29 is 23.4 Å². The van der Waals surface area contributed by atoms with Crippen molar-refractivity contribution in [3.63, 3.8) is 0 Å². The number of rotatable bonds is 11. The topological polar surface area (TPSA) is 121 Å². The van der Waals surface area contributed by atoms with Crippen molar-refractivity contribution in [3.05, 3.63) is 101 Å². The van der Waals surface area contributed by atoms with Gasteiger partial charge in [-0.15, -0.1) is 0 Å². The van der Waals surface area contributed by atoms with Crippen LogP contribution in [0.5, 0.6) is 0 Å². The summed E-state index contributed by atoms with van der Waals surface area (Å²) in [6.07, 6.45) is 0.106. The van der Waals surface area contributed by atoms with Crippen LogP contribution in [-0.4, -0.2) is 48.8 Å². The van der Waals surface area contributed by atoms with E-state index in [1.54, 1.807) is 28.8 Å². The van der Waals surface area contributed by atoms with Crippen LogP contribution in [0.3, 0.4) is 0 Å². The molecule has 8 nitrogen and oxygen atoms in total. The van der Waals surface area contributed by atoms with Crippen LogP contribution in [0.15, 0.2) is 83.8 Å². The summed E-state index contributed by atoms with van der Waals surface area (Å²) in [6, 6.07) is 23.6. The van der Waals surface area contributed by atoms with Crippen LogP contribution >= 0.6 is 0 Å². The fourth-order valence-electron chi connectivity index (χ4n) is 4.44. The molecule has 0 aliphatic heterocycles. The predicted molar refractivity (Wildman–Crippen MR) is 143 cm³/mol. The quantitative estimate of drug-likeness (QED) is 0.240. The number of hydrogen-bond acceptors (Lipinski definition) is 5. The van der Waals surface area contributed by atoms with E-state index in [2.05, 4.69) is 10.0 Å². The van der Waals surface area contributed by atoms with E-state index >= 15 is 0 Å². The minimum Gasteiger partial charge on any atom is -0.477 e. The Labute approximate surface area is 216 Å². The number of aliphatic hydroxyl groups is 1. The highest BCUT2D eigenvalue weighted by Gasteiger charge is 2.18. The molecule has 0 aliphatic rings. The molecule has 1 heterocycles. The standard InChI is InChI=1S/C28H31N3O5S/c1-19(30-17-27(32)22-8-4-3-5-9-22)13-20-11-12-25-23(14-20)16-26(28(33)34)31(25)18-21-7-6-10-24(15-21)37(35,36)29-2/h3-12,14-16,19,27,29-30,32H,13,17-18H2,1-2H3,(H,33,34). The van der Waals surface area contributed by atoms with Crippen LogP contribution in [0.4, 0.5) is 0 Å². The zero-order chi connectivity index (χ0) is 26.6. The average Bonchev–Trinajstić information content (AvgIpc) is 3.25. The van der Waals surface area contributed by atoms with E-state index in [0.717, 1.165) is 22.0 Å². The number of carboxylic acid groups (broad SMARTS) is 1. The van der Waals surface area contributed by atoms with Gasteiger partial charge in [-0.3, -0.25) is 0 Å². The van der Waals surface area contributed by atoms with Crippen molar-refractivity contribution in [2.24, 2.45) is 0 Å². The third-order valence-electron chi connectivity index (χ3n) is 6.39. The maximum Gasteiger partial charge on any atom is 0.352 e. The second-order valence-corrected chi connectivity index (χ2v) is 11.0. The number of aromatic nitrogens is 1. The number of hydrogen-bond donors (Lipinski definition) is 4. The summed E-state index contributed by atoms with van der Waals surface area (Å²) in [5.74, 6) is -1.05. The molecule has 2 atom stereocenters. The van der Waals surface area contributed by atoms with Gasteiger partial charge in [-0.05, 0) is 67.4 Å². The molecular weight excluding hydrogens is 490 g/mol. The summed E-state index contributed by atoms with van der Waals surface area (Å²) < 4.78 is 28.4. The van der Waals surface area contributed by atoms with Crippen LogP contribution in [0, 0.1) is 0 Å².